The fraction of sp³-hybridized carbons (Fsp3) is 0.296. The van der Waals surface area contributed by atoms with Crippen molar-refractivity contribution in [2.45, 2.75) is 26.7 Å². The summed E-state index contributed by atoms with van der Waals surface area (Å²) in [6, 6.07) is 17.7. The zero-order valence-electron chi connectivity index (χ0n) is 20.1. The van der Waals surface area contributed by atoms with Gasteiger partial charge in [-0.05, 0) is 44.9 Å². The molecule has 180 valence electrons. The second-order valence-corrected chi connectivity index (χ2v) is 9.45. The number of aromatic nitrogens is 3. The SMILES string of the molecule is COc1ccc(Cl)cc1NC(=O)C1CCN(c2cc(C)nc3cc(-c4ccc(C)cc4)nn23)CC1. The lowest BCUT2D eigenvalue weighted by Crippen LogP contribution is -2.39. The first-order valence-corrected chi connectivity index (χ1v) is 12.1. The first kappa shape index (κ1) is 23.2. The van der Waals surface area contributed by atoms with E-state index in [-0.39, 0.29) is 11.8 Å². The van der Waals surface area contributed by atoms with Crippen molar-refractivity contribution in [3.63, 3.8) is 0 Å². The first-order chi connectivity index (χ1) is 16.9. The summed E-state index contributed by atoms with van der Waals surface area (Å²) in [6.07, 6.45) is 1.48. The van der Waals surface area contributed by atoms with E-state index < -0.39 is 0 Å². The van der Waals surface area contributed by atoms with Crippen LogP contribution >= 0.6 is 11.6 Å². The van der Waals surface area contributed by atoms with Crippen LogP contribution < -0.4 is 15.0 Å². The summed E-state index contributed by atoms with van der Waals surface area (Å²) in [5, 5.41) is 8.42. The van der Waals surface area contributed by atoms with Crippen molar-refractivity contribution in [3.05, 3.63) is 70.9 Å². The molecule has 5 rings (SSSR count). The van der Waals surface area contributed by atoms with Gasteiger partial charge in [0.15, 0.2) is 5.65 Å². The largest absolute Gasteiger partial charge is 0.495 e. The molecule has 7 nitrogen and oxygen atoms in total. The molecule has 3 heterocycles. The van der Waals surface area contributed by atoms with Gasteiger partial charge in [-0.15, -0.1) is 0 Å². The van der Waals surface area contributed by atoms with Crippen LogP contribution in [0.1, 0.15) is 24.1 Å². The number of piperidine rings is 1. The molecule has 0 radical (unpaired) electrons. The number of carbonyl (C=O) groups is 1. The van der Waals surface area contributed by atoms with Crippen molar-refractivity contribution in [1.29, 1.82) is 0 Å². The molecule has 8 heteroatoms. The Balaban J connectivity index is 1.33. The lowest BCUT2D eigenvalue weighted by atomic mass is 9.95. The van der Waals surface area contributed by atoms with Crippen LogP contribution in [-0.4, -0.2) is 40.7 Å². The summed E-state index contributed by atoms with van der Waals surface area (Å²) in [4.78, 5) is 20.0. The van der Waals surface area contributed by atoms with Gasteiger partial charge in [0.2, 0.25) is 5.91 Å². The first-order valence-electron chi connectivity index (χ1n) is 11.7. The predicted octanol–water partition coefficient (Wildman–Crippen LogP) is 5.53. The molecule has 4 aromatic rings. The fourth-order valence-electron chi connectivity index (χ4n) is 4.55. The standard InChI is InChI=1S/C27H28ClN5O2/c1-17-4-6-19(7-5-17)22-16-25-29-18(2)14-26(33(25)31-22)32-12-10-20(11-13-32)27(34)30-23-15-21(28)8-9-24(23)35-3/h4-9,14-16,20H,10-13H2,1-3H3,(H,30,34). The third-order valence-electron chi connectivity index (χ3n) is 6.49. The number of hydrogen-bond donors (Lipinski definition) is 1. The van der Waals surface area contributed by atoms with E-state index >= 15 is 0 Å². The molecule has 0 bridgehead atoms. The zero-order chi connectivity index (χ0) is 24.5. The van der Waals surface area contributed by atoms with Gasteiger partial charge >= 0.3 is 0 Å². The van der Waals surface area contributed by atoms with Crippen LogP contribution in [0, 0.1) is 19.8 Å². The summed E-state index contributed by atoms with van der Waals surface area (Å²) >= 11 is 6.11. The Bertz CT molecular complexity index is 1370. The van der Waals surface area contributed by atoms with Crippen LogP contribution in [0.15, 0.2) is 54.6 Å². The van der Waals surface area contributed by atoms with Gasteiger partial charge in [0.25, 0.3) is 0 Å². The molecule has 0 aliphatic carbocycles. The van der Waals surface area contributed by atoms with E-state index in [4.69, 9.17) is 26.4 Å². The Morgan fingerprint density at radius 2 is 1.80 bits per heavy atom. The third kappa shape index (κ3) is 4.82. The van der Waals surface area contributed by atoms with Gasteiger partial charge in [0, 0.05) is 47.4 Å². The van der Waals surface area contributed by atoms with Crippen molar-refractivity contribution in [2.24, 2.45) is 5.92 Å². The number of ether oxygens (including phenoxy) is 1. The summed E-state index contributed by atoms with van der Waals surface area (Å²) < 4.78 is 7.27. The smallest absolute Gasteiger partial charge is 0.227 e. The minimum atomic E-state index is -0.0888. The predicted molar refractivity (Wildman–Crippen MR) is 139 cm³/mol. The molecular formula is C27H28ClN5O2. The summed E-state index contributed by atoms with van der Waals surface area (Å²) in [7, 11) is 1.58. The number of carbonyl (C=O) groups excluding carboxylic acids is 1. The Morgan fingerprint density at radius 1 is 1.06 bits per heavy atom. The van der Waals surface area contributed by atoms with Gasteiger partial charge in [-0.1, -0.05) is 41.4 Å². The Morgan fingerprint density at radius 3 is 2.51 bits per heavy atom. The third-order valence-corrected chi connectivity index (χ3v) is 6.73. The van der Waals surface area contributed by atoms with Crippen molar-refractivity contribution in [3.8, 4) is 17.0 Å². The highest BCUT2D eigenvalue weighted by molar-refractivity contribution is 6.31. The highest BCUT2D eigenvalue weighted by atomic mass is 35.5. The van der Waals surface area contributed by atoms with Crippen LogP contribution in [0.3, 0.4) is 0 Å². The molecule has 2 aromatic carbocycles. The van der Waals surface area contributed by atoms with E-state index in [1.165, 1.54) is 5.56 Å². The maximum atomic E-state index is 13.0. The molecule has 1 fully saturated rings. The number of aryl methyl sites for hydroxylation is 2. The van der Waals surface area contributed by atoms with Crippen LogP contribution in [-0.2, 0) is 4.79 Å². The maximum absolute atomic E-state index is 13.0. The van der Waals surface area contributed by atoms with E-state index in [0.29, 0.717) is 16.5 Å². The monoisotopic (exact) mass is 489 g/mol. The van der Waals surface area contributed by atoms with Crippen LogP contribution in [0.25, 0.3) is 16.9 Å². The van der Waals surface area contributed by atoms with Crippen molar-refractivity contribution < 1.29 is 9.53 Å². The number of rotatable bonds is 5. The molecule has 1 saturated heterocycles. The quantitative estimate of drug-likeness (QED) is 0.399. The minimum Gasteiger partial charge on any atom is -0.495 e. The number of nitrogens with one attached hydrogen (secondary N) is 1. The molecule has 0 saturated carbocycles. The van der Waals surface area contributed by atoms with Gasteiger partial charge < -0.3 is 15.0 Å². The Labute approximate surface area is 209 Å². The van der Waals surface area contributed by atoms with E-state index in [0.717, 1.165) is 54.3 Å². The van der Waals surface area contributed by atoms with Crippen molar-refractivity contribution >= 4 is 34.7 Å². The highest BCUT2D eigenvalue weighted by Gasteiger charge is 2.27. The number of amides is 1. The zero-order valence-corrected chi connectivity index (χ0v) is 20.8. The Hall–Kier alpha value is -3.58. The molecule has 0 spiro atoms. The van der Waals surface area contributed by atoms with E-state index in [2.05, 4.69) is 47.5 Å². The lowest BCUT2D eigenvalue weighted by molar-refractivity contribution is -0.120. The number of fused-ring (bicyclic) bond motifs is 1. The molecular weight excluding hydrogens is 462 g/mol. The Kier molecular flexibility index (Phi) is 6.34. The summed E-state index contributed by atoms with van der Waals surface area (Å²) in [5.74, 6) is 1.50. The van der Waals surface area contributed by atoms with E-state index in [1.54, 1.807) is 25.3 Å². The number of benzene rings is 2. The maximum Gasteiger partial charge on any atom is 0.227 e. The molecule has 0 atom stereocenters. The molecule has 1 amide bonds. The number of halogens is 1. The van der Waals surface area contributed by atoms with Crippen molar-refractivity contribution in [1.82, 2.24) is 14.6 Å². The lowest BCUT2D eigenvalue weighted by Gasteiger charge is -2.33. The highest BCUT2D eigenvalue weighted by Crippen LogP contribution is 2.31. The van der Waals surface area contributed by atoms with Gasteiger partial charge in [-0.2, -0.15) is 9.61 Å². The second-order valence-electron chi connectivity index (χ2n) is 9.02. The number of anilines is 2. The van der Waals surface area contributed by atoms with Crippen molar-refractivity contribution in [2.75, 3.05) is 30.4 Å². The average Bonchev–Trinajstić information content (AvgIpc) is 3.28. The number of nitrogens with zero attached hydrogens (tertiary/aromatic N) is 4. The molecule has 35 heavy (non-hydrogen) atoms. The van der Waals surface area contributed by atoms with Crippen LogP contribution in [0.4, 0.5) is 11.5 Å². The molecule has 1 aliphatic rings. The normalized spacial score (nSPS) is 14.3. The number of methoxy groups -OCH3 is 1. The fourth-order valence-corrected chi connectivity index (χ4v) is 4.73. The summed E-state index contributed by atoms with van der Waals surface area (Å²) in [6.45, 7) is 5.58. The van der Waals surface area contributed by atoms with Gasteiger partial charge in [-0.3, -0.25) is 4.79 Å². The summed E-state index contributed by atoms with van der Waals surface area (Å²) in [5.41, 5.74) is 5.54. The van der Waals surface area contributed by atoms with Gasteiger partial charge in [0.1, 0.15) is 11.6 Å². The molecule has 1 N–H and O–H groups in total. The molecule has 2 aromatic heterocycles. The van der Waals surface area contributed by atoms with Crippen LogP contribution in [0.2, 0.25) is 5.02 Å². The molecule has 0 unspecified atom stereocenters. The van der Waals surface area contributed by atoms with E-state index in [9.17, 15) is 4.79 Å². The average molecular weight is 490 g/mol. The number of hydrogen-bond acceptors (Lipinski definition) is 5. The van der Waals surface area contributed by atoms with Gasteiger partial charge in [0.05, 0.1) is 18.5 Å². The van der Waals surface area contributed by atoms with Gasteiger partial charge in [-0.25, -0.2) is 4.98 Å². The topological polar surface area (TPSA) is 71.8 Å². The molecule has 1 aliphatic heterocycles. The minimum absolute atomic E-state index is 0.0120. The van der Waals surface area contributed by atoms with Crippen LogP contribution in [0.5, 0.6) is 5.75 Å². The van der Waals surface area contributed by atoms with E-state index in [1.807, 2.05) is 17.5 Å². The second kappa shape index (κ2) is 9.58.